The molecule has 18 heavy (non-hydrogen) atoms. The summed E-state index contributed by atoms with van der Waals surface area (Å²) in [5.74, 6) is 0. The van der Waals surface area contributed by atoms with Crippen molar-refractivity contribution in [3.8, 4) is 11.1 Å². The van der Waals surface area contributed by atoms with Crippen molar-refractivity contribution in [1.82, 2.24) is 0 Å². The SMILES string of the molecule is Cc1cc(Cl)c(-c2ccc(C=O)cc2Cl)cc1C. The first-order chi connectivity index (χ1) is 8.52. The predicted octanol–water partition coefficient (Wildman–Crippen LogP) is 5.09. The number of aryl methyl sites for hydroxylation is 2. The van der Waals surface area contributed by atoms with E-state index >= 15 is 0 Å². The van der Waals surface area contributed by atoms with Crippen LogP contribution in [0.15, 0.2) is 30.3 Å². The summed E-state index contributed by atoms with van der Waals surface area (Å²) in [7, 11) is 0. The average Bonchev–Trinajstić information content (AvgIpc) is 2.34. The Bertz CT molecular complexity index is 618. The van der Waals surface area contributed by atoms with Gasteiger partial charge in [0.2, 0.25) is 0 Å². The minimum atomic E-state index is 0.532. The summed E-state index contributed by atoms with van der Waals surface area (Å²) in [6.45, 7) is 4.05. The maximum absolute atomic E-state index is 10.7. The third-order valence-electron chi connectivity index (χ3n) is 3.00. The van der Waals surface area contributed by atoms with Crippen LogP contribution in [-0.4, -0.2) is 6.29 Å². The summed E-state index contributed by atoms with van der Waals surface area (Å²) in [4.78, 5) is 10.7. The third kappa shape index (κ3) is 2.43. The molecule has 1 nitrogen and oxygen atoms in total. The van der Waals surface area contributed by atoms with Gasteiger partial charge in [-0.15, -0.1) is 0 Å². The maximum atomic E-state index is 10.7. The molecular formula is C15H12Cl2O. The van der Waals surface area contributed by atoms with Gasteiger partial charge in [0, 0.05) is 26.7 Å². The lowest BCUT2D eigenvalue weighted by atomic mass is 9.99. The molecule has 0 spiro atoms. The fourth-order valence-electron chi connectivity index (χ4n) is 1.81. The molecule has 2 aromatic carbocycles. The quantitative estimate of drug-likeness (QED) is 0.700. The fraction of sp³-hybridized carbons (Fsp3) is 0.133. The zero-order valence-corrected chi connectivity index (χ0v) is 11.6. The lowest BCUT2D eigenvalue weighted by molar-refractivity contribution is 0.112. The van der Waals surface area contributed by atoms with Gasteiger partial charge in [-0.05, 0) is 43.2 Å². The molecule has 0 fully saturated rings. The lowest BCUT2D eigenvalue weighted by Gasteiger charge is -2.10. The van der Waals surface area contributed by atoms with Gasteiger partial charge in [-0.1, -0.05) is 35.3 Å². The van der Waals surface area contributed by atoms with Crippen molar-refractivity contribution in [3.05, 3.63) is 57.1 Å². The topological polar surface area (TPSA) is 17.1 Å². The van der Waals surface area contributed by atoms with Crippen molar-refractivity contribution in [2.75, 3.05) is 0 Å². The Labute approximate surface area is 116 Å². The van der Waals surface area contributed by atoms with E-state index in [9.17, 15) is 4.79 Å². The molecule has 0 unspecified atom stereocenters. The van der Waals surface area contributed by atoms with Gasteiger partial charge >= 0.3 is 0 Å². The highest BCUT2D eigenvalue weighted by Gasteiger charge is 2.10. The highest BCUT2D eigenvalue weighted by Crippen LogP contribution is 2.35. The largest absolute Gasteiger partial charge is 0.298 e. The Balaban J connectivity index is 2.62. The fourth-order valence-corrected chi connectivity index (χ4v) is 2.42. The van der Waals surface area contributed by atoms with Crippen LogP contribution in [0.2, 0.25) is 10.0 Å². The third-order valence-corrected chi connectivity index (χ3v) is 3.63. The van der Waals surface area contributed by atoms with E-state index in [4.69, 9.17) is 23.2 Å². The first-order valence-electron chi connectivity index (χ1n) is 5.55. The molecule has 0 aromatic heterocycles. The number of hydrogen-bond donors (Lipinski definition) is 0. The molecular weight excluding hydrogens is 267 g/mol. The molecule has 2 aromatic rings. The molecule has 3 heteroatoms. The van der Waals surface area contributed by atoms with Crippen molar-refractivity contribution in [3.63, 3.8) is 0 Å². The molecule has 0 aliphatic heterocycles. The summed E-state index contributed by atoms with van der Waals surface area (Å²) in [6.07, 6.45) is 0.775. The van der Waals surface area contributed by atoms with E-state index in [0.29, 0.717) is 15.6 Å². The van der Waals surface area contributed by atoms with Crippen molar-refractivity contribution in [1.29, 1.82) is 0 Å². The molecule has 92 valence electrons. The predicted molar refractivity (Wildman–Crippen MR) is 76.8 cm³/mol. The zero-order chi connectivity index (χ0) is 13.3. The molecule has 0 aliphatic rings. The molecule has 0 saturated heterocycles. The molecule has 0 aliphatic carbocycles. The number of hydrogen-bond acceptors (Lipinski definition) is 1. The highest BCUT2D eigenvalue weighted by molar-refractivity contribution is 6.36. The van der Waals surface area contributed by atoms with Crippen LogP contribution in [-0.2, 0) is 0 Å². The van der Waals surface area contributed by atoms with Gasteiger partial charge in [-0.2, -0.15) is 0 Å². The standard InChI is InChI=1S/C15H12Cl2O/c1-9-5-13(14(16)6-10(9)2)12-4-3-11(8-18)7-15(12)17/h3-8H,1-2H3. The second-order valence-corrected chi connectivity index (χ2v) is 5.09. The van der Waals surface area contributed by atoms with E-state index in [1.807, 2.05) is 32.0 Å². The van der Waals surface area contributed by atoms with Crippen LogP contribution in [0.25, 0.3) is 11.1 Å². The van der Waals surface area contributed by atoms with E-state index in [1.54, 1.807) is 12.1 Å². The number of benzene rings is 2. The summed E-state index contributed by atoms with van der Waals surface area (Å²) < 4.78 is 0. The molecule has 0 heterocycles. The van der Waals surface area contributed by atoms with Crippen LogP contribution in [0.5, 0.6) is 0 Å². The second-order valence-electron chi connectivity index (χ2n) is 4.27. The van der Waals surface area contributed by atoms with E-state index in [1.165, 1.54) is 0 Å². The second kappa shape index (κ2) is 5.13. The summed E-state index contributed by atoms with van der Waals surface area (Å²) in [6, 6.07) is 9.15. The van der Waals surface area contributed by atoms with Gasteiger partial charge in [0.05, 0.1) is 0 Å². The number of rotatable bonds is 2. The van der Waals surface area contributed by atoms with Gasteiger partial charge in [-0.25, -0.2) is 0 Å². The van der Waals surface area contributed by atoms with Gasteiger partial charge < -0.3 is 0 Å². The molecule has 0 saturated carbocycles. The van der Waals surface area contributed by atoms with Gasteiger partial charge in [0.15, 0.2) is 0 Å². The summed E-state index contributed by atoms with van der Waals surface area (Å²) >= 11 is 12.4. The number of halogens is 2. The van der Waals surface area contributed by atoms with Crippen molar-refractivity contribution >= 4 is 29.5 Å². The Morgan fingerprint density at radius 2 is 1.50 bits per heavy atom. The normalized spacial score (nSPS) is 10.4. The lowest BCUT2D eigenvalue weighted by Crippen LogP contribution is -1.88. The van der Waals surface area contributed by atoms with Crippen molar-refractivity contribution in [2.45, 2.75) is 13.8 Å². The van der Waals surface area contributed by atoms with Crippen LogP contribution in [0.3, 0.4) is 0 Å². The minimum absolute atomic E-state index is 0.532. The molecule has 0 amide bonds. The monoisotopic (exact) mass is 278 g/mol. The van der Waals surface area contributed by atoms with Gasteiger partial charge in [-0.3, -0.25) is 4.79 Å². The van der Waals surface area contributed by atoms with E-state index < -0.39 is 0 Å². The number of aldehydes is 1. The van der Waals surface area contributed by atoms with Crippen LogP contribution in [0.1, 0.15) is 21.5 Å². The molecule has 2 rings (SSSR count). The van der Waals surface area contributed by atoms with Gasteiger partial charge in [0.25, 0.3) is 0 Å². The first-order valence-corrected chi connectivity index (χ1v) is 6.30. The van der Waals surface area contributed by atoms with Crippen molar-refractivity contribution < 1.29 is 4.79 Å². The molecule has 0 N–H and O–H groups in total. The zero-order valence-electron chi connectivity index (χ0n) is 10.1. The summed E-state index contributed by atoms with van der Waals surface area (Å²) in [5, 5.41) is 1.20. The summed E-state index contributed by atoms with van der Waals surface area (Å²) in [5.41, 5.74) is 4.59. The molecule has 0 radical (unpaired) electrons. The molecule has 0 bridgehead atoms. The van der Waals surface area contributed by atoms with E-state index in [-0.39, 0.29) is 0 Å². The Morgan fingerprint density at radius 1 is 0.889 bits per heavy atom. The molecule has 0 atom stereocenters. The van der Waals surface area contributed by atoms with Crippen LogP contribution >= 0.6 is 23.2 Å². The van der Waals surface area contributed by atoms with Crippen LogP contribution < -0.4 is 0 Å². The Hall–Kier alpha value is -1.31. The Morgan fingerprint density at radius 3 is 2.11 bits per heavy atom. The number of carbonyl (C=O) groups excluding carboxylic acids is 1. The highest BCUT2D eigenvalue weighted by atomic mass is 35.5. The minimum Gasteiger partial charge on any atom is -0.298 e. The number of carbonyl (C=O) groups is 1. The van der Waals surface area contributed by atoms with E-state index in [2.05, 4.69) is 0 Å². The Kier molecular flexibility index (Phi) is 3.74. The van der Waals surface area contributed by atoms with E-state index in [0.717, 1.165) is 28.5 Å². The first kappa shape index (κ1) is 13.1. The van der Waals surface area contributed by atoms with Crippen molar-refractivity contribution in [2.24, 2.45) is 0 Å². The van der Waals surface area contributed by atoms with Crippen LogP contribution in [0.4, 0.5) is 0 Å². The smallest absolute Gasteiger partial charge is 0.150 e. The average molecular weight is 279 g/mol. The van der Waals surface area contributed by atoms with Gasteiger partial charge in [0.1, 0.15) is 6.29 Å². The van der Waals surface area contributed by atoms with Crippen LogP contribution in [0, 0.1) is 13.8 Å². The maximum Gasteiger partial charge on any atom is 0.150 e.